The van der Waals surface area contributed by atoms with Crippen LogP contribution in [-0.2, 0) is 11.2 Å². The molecular formula is C12H19NO2. The summed E-state index contributed by atoms with van der Waals surface area (Å²) in [6, 6.07) is 9.36. The Morgan fingerprint density at radius 3 is 2.33 bits per heavy atom. The molecule has 1 aromatic rings. The molecule has 3 N–H and O–H groups in total. The molecule has 1 unspecified atom stereocenters. The van der Waals surface area contributed by atoms with Crippen LogP contribution in [0.2, 0.25) is 0 Å². The molecule has 1 atom stereocenters. The zero-order chi connectivity index (χ0) is 11.7. The number of carbonyl (C=O) groups is 1. The minimum absolute atomic E-state index is 0.0227. The molecule has 3 heteroatoms. The number of benzene rings is 1. The predicted octanol–water partition coefficient (Wildman–Crippen LogP) is 2.06. The molecule has 84 valence electrons. The van der Waals surface area contributed by atoms with E-state index in [4.69, 9.17) is 10.8 Å². The molecule has 3 nitrogen and oxygen atoms in total. The topological polar surface area (TPSA) is 63.3 Å². The molecule has 15 heavy (non-hydrogen) atoms. The molecule has 0 saturated carbocycles. The maximum Gasteiger partial charge on any atom is 0.304 e. The van der Waals surface area contributed by atoms with Gasteiger partial charge in [0, 0.05) is 6.04 Å². The summed E-state index contributed by atoms with van der Waals surface area (Å²) in [7, 11) is 0. The first kappa shape index (κ1) is 13.7. The van der Waals surface area contributed by atoms with E-state index in [0.29, 0.717) is 6.42 Å². The lowest BCUT2D eigenvalue weighted by molar-refractivity contribution is -0.137. The second kappa shape index (κ2) is 8.00. The molecule has 0 amide bonds. The molecule has 0 aliphatic rings. The molecule has 0 aromatic heterocycles. The Labute approximate surface area is 90.9 Å². The number of aliphatic carboxylic acids is 1. The molecule has 1 aromatic carbocycles. The van der Waals surface area contributed by atoms with Gasteiger partial charge in [-0.25, -0.2) is 0 Å². The molecule has 0 radical (unpaired) electrons. The number of carboxylic acid groups (broad SMARTS) is 1. The Hall–Kier alpha value is -1.35. The van der Waals surface area contributed by atoms with Crippen molar-refractivity contribution in [2.45, 2.75) is 32.7 Å². The summed E-state index contributed by atoms with van der Waals surface area (Å²) < 4.78 is 0. The van der Waals surface area contributed by atoms with Crippen molar-refractivity contribution < 1.29 is 9.90 Å². The zero-order valence-corrected chi connectivity index (χ0v) is 9.31. The minimum atomic E-state index is -0.844. The number of carboxylic acids is 1. The van der Waals surface area contributed by atoms with Gasteiger partial charge in [0.05, 0.1) is 6.42 Å². The van der Waals surface area contributed by atoms with Crippen LogP contribution in [0, 0.1) is 0 Å². The van der Waals surface area contributed by atoms with Crippen molar-refractivity contribution in [3.05, 3.63) is 35.9 Å². The quantitative estimate of drug-likeness (QED) is 0.797. The van der Waals surface area contributed by atoms with Crippen molar-refractivity contribution in [1.82, 2.24) is 0 Å². The van der Waals surface area contributed by atoms with Crippen LogP contribution in [0.5, 0.6) is 0 Å². The number of nitrogens with two attached hydrogens (primary N) is 1. The van der Waals surface area contributed by atoms with E-state index in [1.807, 2.05) is 44.2 Å². The predicted molar refractivity (Wildman–Crippen MR) is 61.7 cm³/mol. The number of rotatable bonds is 4. The van der Waals surface area contributed by atoms with Crippen LogP contribution in [0.3, 0.4) is 0 Å². The summed E-state index contributed by atoms with van der Waals surface area (Å²) in [5.74, 6) is -0.844. The fraction of sp³-hybridized carbons (Fsp3) is 0.417. The third-order valence-electron chi connectivity index (χ3n) is 1.78. The van der Waals surface area contributed by atoms with E-state index in [-0.39, 0.29) is 12.5 Å². The minimum Gasteiger partial charge on any atom is -0.481 e. The number of hydrogen-bond acceptors (Lipinski definition) is 2. The van der Waals surface area contributed by atoms with Gasteiger partial charge in [-0.05, 0) is 12.0 Å². The lowest BCUT2D eigenvalue weighted by atomic mass is 10.0. The van der Waals surface area contributed by atoms with Crippen molar-refractivity contribution in [2.75, 3.05) is 0 Å². The molecule has 0 spiro atoms. The van der Waals surface area contributed by atoms with E-state index in [9.17, 15) is 4.79 Å². The largest absolute Gasteiger partial charge is 0.481 e. The van der Waals surface area contributed by atoms with Gasteiger partial charge in [-0.1, -0.05) is 44.2 Å². The third-order valence-corrected chi connectivity index (χ3v) is 1.78. The zero-order valence-electron chi connectivity index (χ0n) is 9.31. The lowest BCUT2D eigenvalue weighted by Crippen LogP contribution is -2.25. The van der Waals surface area contributed by atoms with Gasteiger partial charge in [0.15, 0.2) is 0 Å². The average molecular weight is 209 g/mol. The van der Waals surface area contributed by atoms with Gasteiger partial charge in [0.1, 0.15) is 0 Å². The van der Waals surface area contributed by atoms with Crippen LogP contribution in [0.1, 0.15) is 25.8 Å². The van der Waals surface area contributed by atoms with Crippen molar-refractivity contribution in [2.24, 2.45) is 5.73 Å². The SMILES string of the molecule is CC.NC(CC(=O)O)Cc1ccccc1. The molecule has 0 aliphatic carbocycles. The number of hydrogen-bond donors (Lipinski definition) is 2. The maximum atomic E-state index is 10.3. The Bertz CT molecular complexity index is 272. The highest BCUT2D eigenvalue weighted by atomic mass is 16.4. The Balaban J connectivity index is 0.000000921. The fourth-order valence-electron chi connectivity index (χ4n) is 1.21. The Kier molecular flexibility index (Phi) is 7.28. The highest BCUT2D eigenvalue weighted by Crippen LogP contribution is 2.03. The van der Waals surface area contributed by atoms with Crippen LogP contribution in [-0.4, -0.2) is 17.1 Å². The van der Waals surface area contributed by atoms with Gasteiger partial charge < -0.3 is 10.8 Å². The highest BCUT2D eigenvalue weighted by molar-refractivity contribution is 5.67. The van der Waals surface area contributed by atoms with Crippen LogP contribution in [0.25, 0.3) is 0 Å². The average Bonchev–Trinajstić information content (AvgIpc) is 2.21. The molecular weight excluding hydrogens is 190 g/mol. The third kappa shape index (κ3) is 6.69. The van der Waals surface area contributed by atoms with Crippen molar-refractivity contribution in [1.29, 1.82) is 0 Å². The van der Waals surface area contributed by atoms with E-state index in [2.05, 4.69) is 0 Å². The summed E-state index contributed by atoms with van der Waals surface area (Å²) in [5.41, 5.74) is 6.71. The van der Waals surface area contributed by atoms with Gasteiger partial charge >= 0.3 is 5.97 Å². The fourth-order valence-corrected chi connectivity index (χ4v) is 1.21. The second-order valence-electron chi connectivity index (χ2n) is 3.05. The second-order valence-corrected chi connectivity index (χ2v) is 3.05. The molecule has 0 heterocycles. The summed E-state index contributed by atoms with van der Waals surface area (Å²) in [6.45, 7) is 4.00. The first-order chi connectivity index (χ1) is 7.18. The van der Waals surface area contributed by atoms with Crippen molar-refractivity contribution in [3.63, 3.8) is 0 Å². The first-order valence-electron chi connectivity index (χ1n) is 5.20. The van der Waals surface area contributed by atoms with Crippen molar-refractivity contribution >= 4 is 5.97 Å². The van der Waals surface area contributed by atoms with Crippen LogP contribution < -0.4 is 5.73 Å². The van der Waals surface area contributed by atoms with E-state index >= 15 is 0 Å². The standard InChI is InChI=1S/C10H13NO2.C2H6/c11-9(7-10(12)13)6-8-4-2-1-3-5-8;1-2/h1-5,9H,6-7,11H2,(H,12,13);1-2H3. The first-order valence-corrected chi connectivity index (χ1v) is 5.20. The highest BCUT2D eigenvalue weighted by Gasteiger charge is 2.07. The molecule has 0 bridgehead atoms. The summed E-state index contributed by atoms with van der Waals surface area (Å²) >= 11 is 0. The van der Waals surface area contributed by atoms with Crippen LogP contribution in [0.4, 0.5) is 0 Å². The smallest absolute Gasteiger partial charge is 0.304 e. The van der Waals surface area contributed by atoms with E-state index < -0.39 is 5.97 Å². The molecule has 1 rings (SSSR count). The van der Waals surface area contributed by atoms with Gasteiger partial charge in [0.2, 0.25) is 0 Å². The maximum absolute atomic E-state index is 10.3. The van der Waals surface area contributed by atoms with Crippen LogP contribution in [0.15, 0.2) is 30.3 Å². The normalized spacial score (nSPS) is 11.1. The van der Waals surface area contributed by atoms with Gasteiger partial charge in [0.25, 0.3) is 0 Å². The molecule has 0 saturated heterocycles. The van der Waals surface area contributed by atoms with Crippen LogP contribution >= 0.6 is 0 Å². The van der Waals surface area contributed by atoms with E-state index in [1.54, 1.807) is 0 Å². The summed E-state index contributed by atoms with van der Waals surface area (Å²) in [4.78, 5) is 10.3. The Morgan fingerprint density at radius 1 is 1.33 bits per heavy atom. The lowest BCUT2D eigenvalue weighted by Gasteiger charge is -2.07. The molecule has 0 fully saturated rings. The van der Waals surface area contributed by atoms with E-state index in [1.165, 1.54) is 0 Å². The van der Waals surface area contributed by atoms with Gasteiger partial charge in [-0.3, -0.25) is 4.79 Å². The Morgan fingerprint density at radius 2 is 1.87 bits per heavy atom. The van der Waals surface area contributed by atoms with Crippen molar-refractivity contribution in [3.8, 4) is 0 Å². The summed E-state index contributed by atoms with van der Waals surface area (Å²) in [5, 5.41) is 8.48. The monoisotopic (exact) mass is 209 g/mol. The van der Waals surface area contributed by atoms with Gasteiger partial charge in [-0.15, -0.1) is 0 Å². The van der Waals surface area contributed by atoms with E-state index in [0.717, 1.165) is 5.56 Å². The molecule has 0 aliphatic heterocycles. The van der Waals surface area contributed by atoms with Gasteiger partial charge in [-0.2, -0.15) is 0 Å². The summed E-state index contributed by atoms with van der Waals surface area (Å²) in [6.07, 6.45) is 0.641.